The maximum absolute atomic E-state index is 12.4. The number of rotatable bonds is 23. The van der Waals surface area contributed by atoms with E-state index in [0.717, 1.165) is 44.2 Å². The summed E-state index contributed by atoms with van der Waals surface area (Å²) < 4.78 is 0. The summed E-state index contributed by atoms with van der Waals surface area (Å²) in [5, 5.41) is 15.0. The fourth-order valence-corrected chi connectivity index (χ4v) is 4.07. The lowest BCUT2D eigenvalue weighted by Gasteiger charge is -2.14. The number of carbonyl (C=O) groups is 3. The molecule has 0 aliphatic heterocycles. The third-order valence-corrected chi connectivity index (χ3v) is 6.44. The molecular weight excluding hydrogens is 538 g/mol. The lowest BCUT2D eigenvalue weighted by atomic mass is 10.1. The third kappa shape index (κ3) is 19.7. The Morgan fingerprint density at radius 1 is 0.814 bits per heavy atom. The maximum Gasteiger partial charge on any atom is 0.326 e. The number of allylic oxidation sites excluding steroid dienone is 12. The van der Waals surface area contributed by atoms with Gasteiger partial charge >= 0.3 is 5.97 Å². The van der Waals surface area contributed by atoms with Crippen LogP contribution in [0.5, 0.6) is 0 Å². The lowest BCUT2D eigenvalue weighted by molar-refractivity contribution is -0.142. The molecule has 1 atom stereocenters. The van der Waals surface area contributed by atoms with Crippen molar-refractivity contribution in [3.63, 3.8) is 0 Å². The van der Waals surface area contributed by atoms with Crippen LogP contribution in [0, 0.1) is 0 Å². The second kappa shape index (κ2) is 25.7. The molecule has 7 nitrogen and oxygen atoms in total. The van der Waals surface area contributed by atoms with Crippen molar-refractivity contribution in [2.75, 3.05) is 6.54 Å². The first-order valence-electron chi connectivity index (χ1n) is 15.6. The first-order chi connectivity index (χ1) is 21.0. The topological polar surface area (TPSA) is 108 Å². The predicted molar refractivity (Wildman–Crippen MR) is 177 cm³/mol. The van der Waals surface area contributed by atoms with Crippen molar-refractivity contribution < 1.29 is 19.5 Å². The first kappa shape index (κ1) is 37.0. The number of nitrogens with zero attached hydrogens (tertiary/aromatic N) is 1. The Bertz CT molecular complexity index is 1120. The van der Waals surface area contributed by atoms with E-state index in [9.17, 15) is 19.5 Å². The zero-order chi connectivity index (χ0) is 31.4. The van der Waals surface area contributed by atoms with Crippen LogP contribution < -0.4 is 10.6 Å². The van der Waals surface area contributed by atoms with Crippen molar-refractivity contribution in [1.29, 1.82) is 0 Å². The summed E-state index contributed by atoms with van der Waals surface area (Å²) in [5.41, 5.74) is 1.31. The van der Waals surface area contributed by atoms with E-state index in [1.807, 2.05) is 19.1 Å². The number of pyridine rings is 1. The van der Waals surface area contributed by atoms with Gasteiger partial charge in [0.25, 0.3) is 5.91 Å². The van der Waals surface area contributed by atoms with Crippen LogP contribution in [0.2, 0.25) is 0 Å². The van der Waals surface area contributed by atoms with Crippen LogP contribution in [0.4, 0.5) is 0 Å². The van der Waals surface area contributed by atoms with Crippen molar-refractivity contribution >= 4 is 17.8 Å². The zero-order valence-corrected chi connectivity index (χ0v) is 26.0. The van der Waals surface area contributed by atoms with Gasteiger partial charge in [0.1, 0.15) is 6.04 Å². The highest BCUT2D eigenvalue weighted by molar-refractivity contribution is 5.95. The van der Waals surface area contributed by atoms with Gasteiger partial charge in [0, 0.05) is 19.2 Å². The molecule has 234 valence electrons. The van der Waals surface area contributed by atoms with E-state index in [2.05, 4.69) is 83.3 Å². The first-order valence-corrected chi connectivity index (χ1v) is 15.6. The summed E-state index contributed by atoms with van der Waals surface area (Å²) in [4.78, 5) is 40.4. The highest BCUT2D eigenvalue weighted by Crippen LogP contribution is 2.07. The van der Waals surface area contributed by atoms with Crippen LogP contribution in [-0.4, -0.2) is 40.5 Å². The Morgan fingerprint density at radius 3 is 1.91 bits per heavy atom. The van der Waals surface area contributed by atoms with Gasteiger partial charge in [-0.05, 0) is 82.8 Å². The number of carboxylic acids is 1. The Labute approximate surface area is 258 Å². The Morgan fingerprint density at radius 2 is 1.37 bits per heavy atom. The van der Waals surface area contributed by atoms with E-state index in [-0.39, 0.29) is 18.2 Å². The molecule has 1 aromatic heterocycles. The summed E-state index contributed by atoms with van der Waals surface area (Å²) in [7, 11) is 0. The van der Waals surface area contributed by atoms with Crippen LogP contribution in [0.1, 0.15) is 101 Å². The SMILES string of the molecule is CCC=CCC=CCC=CCC=CCC=CCC=CCCC(=O)N[C@@H](CCCCNC(=O)c1cccnc1CC)C(=O)O. The van der Waals surface area contributed by atoms with Gasteiger partial charge in [0.15, 0.2) is 0 Å². The molecule has 0 fully saturated rings. The molecule has 2 amide bonds. The third-order valence-electron chi connectivity index (χ3n) is 6.44. The zero-order valence-electron chi connectivity index (χ0n) is 26.0. The summed E-state index contributed by atoms with van der Waals surface area (Å²) in [6.07, 6.45) is 35.9. The van der Waals surface area contributed by atoms with Crippen molar-refractivity contribution in [3.05, 3.63) is 102 Å². The molecule has 7 heteroatoms. The highest BCUT2D eigenvalue weighted by Gasteiger charge is 2.19. The molecule has 1 aromatic rings. The van der Waals surface area contributed by atoms with Gasteiger partial charge in [-0.15, -0.1) is 0 Å². The molecular formula is C36H51N3O4. The fraction of sp³-hybridized carbons (Fsp3) is 0.444. The Hall–Kier alpha value is -4.00. The largest absolute Gasteiger partial charge is 0.480 e. The smallest absolute Gasteiger partial charge is 0.326 e. The van der Waals surface area contributed by atoms with Gasteiger partial charge in [-0.1, -0.05) is 86.8 Å². The Balaban J connectivity index is 2.14. The summed E-state index contributed by atoms with van der Waals surface area (Å²) >= 11 is 0. The minimum absolute atomic E-state index is 0.178. The average molecular weight is 590 g/mol. The molecule has 0 aliphatic carbocycles. The minimum atomic E-state index is -1.05. The quantitative estimate of drug-likeness (QED) is 0.0900. The molecule has 0 bridgehead atoms. The van der Waals surface area contributed by atoms with Crippen LogP contribution >= 0.6 is 0 Å². The number of hydrogen-bond acceptors (Lipinski definition) is 4. The molecule has 0 unspecified atom stereocenters. The van der Waals surface area contributed by atoms with Crippen molar-refractivity contribution in [2.24, 2.45) is 0 Å². The average Bonchev–Trinajstić information content (AvgIpc) is 3.01. The molecule has 1 heterocycles. The molecule has 0 aliphatic rings. The van der Waals surface area contributed by atoms with E-state index in [1.165, 1.54) is 0 Å². The molecule has 0 saturated heterocycles. The van der Waals surface area contributed by atoms with Gasteiger partial charge in [-0.2, -0.15) is 0 Å². The second-order valence-electron chi connectivity index (χ2n) is 10.0. The van der Waals surface area contributed by atoms with Gasteiger partial charge in [0.05, 0.1) is 11.3 Å². The van der Waals surface area contributed by atoms with E-state index >= 15 is 0 Å². The van der Waals surface area contributed by atoms with Crippen molar-refractivity contribution in [3.8, 4) is 0 Å². The number of unbranched alkanes of at least 4 members (excludes halogenated alkanes) is 1. The van der Waals surface area contributed by atoms with E-state index in [0.29, 0.717) is 44.2 Å². The number of hydrogen-bond donors (Lipinski definition) is 3. The predicted octanol–water partition coefficient (Wildman–Crippen LogP) is 7.59. The van der Waals surface area contributed by atoms with E-state index < -0.39 is 12.0 Å². The number of carboxylic acid groups (broad SMARTS) is 1. The molecule has 0 spiro atoms. The summed E-state index contributed by atoms with van der Waals surface area (Å²) in [5.74, 6) is -1.50. The molecule has 1 rings (SSSR count). The van der Waals surface area contributed by atoms with Crippen LogP contribution in [0.3, 0.4) is 0 Å². The van der Waals surface area contributed by atoms with Gasteiger partial charge in [0.2, 0.25) is 5.91 Å². The van der Waals surface area contributed by atoms with Crippen LogP contribution in [0.25, 0.3) is 0 Å². The van der Waals surface area contributed by atoms with E-state index in [1.54, 1.807) is 18.3 Å². The van der Waals surface area contributed by atoms with Crippen molar-refractivity contribution in [2.45, 2.75) is 96.9 Å². The number of aliphatic carboxylic acids is 1. The van der Waals surface area contributed by atoms with Gasteiger partial charge in [-0.25, -0.2) is 4.79 Å². The standard InChI is InChI=1S/C36H51N3O4/c1-3-5-6-7-8-9-10-11-12-13-14-15-16-17-18-19-20-21-22-28-34(40)39-33(36(42)43)27-23-24-29-38-35(41)31-26-25-30-37-32(31)4-2/h5-6,8-9,11-12,14-15,17-18,20-21,25-26,30,33H,3-4,7,10,13,16,19,22-24,27-29H2,1-2H3,(H,38,41)(H,39,40)(H,42,43)/t33-/m0/s1. The second-order valence-corrected chi connectivity index (χ2v) is 10.0. The Kier molecular flexibility index (Phi) is 22.1. The number of carbonyl (C=O) groups excluding carboxylic acids is 2. The molecule has 3 N–H and O–H groups in total. The van der Waals surface area contributed by atoms with Crippen molar-refractivity contribution in [1.82, 2.24) is 15.6 Å². The number of amides is 2. The normalized spacial score (nSPS) is 12.9. The van der Waals surface area contributed by atoms with E-state index in [4.69, 9.17) is 0 Å². The number of aryl methyl sites for hydroxylation is 1. The molecule has 0 radical (unpaired) electrons. The number of nitrogens with one attached hydrogen (secondary N) is 2. The highest BCUT2D eigenvalue weighted by atomic mass is 16.4. The van der Waals surface area contributed by atoms with Crippen LogP contribution in [0.15, 0.2) is 91.2 Å². The maximum atomic E-state index is 12.4. The summed E-state index contributed by atoms with van der Waals surface area (Å²) in [6, 6.07) is 2.55. The monoisotopic (exact) mass is 589 g/mol. The van der Waals surface area contributed by atoms with Crippen LogP contribution in [-0.2, 0) is 16.0 Å². The van der Waals surface area contributed by atoms with Gasteiger partial charge < -0.3 is 15.7 Å². The molecule has 0 saturated carbocycles. The summed E-state index contributed by atoms with van der Waals surface area (Å²) in [6.45, 7) is 4.52. The lowest BCUT2D eigenvalue weighted by Crippen LogP contribution is -2.40. The number of aromatic nitrogens is 1. The molecule has 0 aromatic carbocycles. The minimum Gasteiger partial charge on any atom is -0.480 e. The molecule has 43 heavy (non-hydrogen) atoms. The fourth-order valence-electron chi connectivity index (χ4n) is 4.07. The van der Waals surface area contributed by atoms with Gasteiger partial charge in [-0.3, -0.25) is 14.6 Å².